The van der Waals surface area contributed by atoms with E-state index in [9.17, 15) is 14.7 Å². The smallest absolute Gasteiger partial charge is 0.308 e. The fraction of sp³-hybridized carbons (Fsp3) is 0.429. The van der Waals surface area contributed by atoms with Crippen LogP contribution in [0.3, 0.4) is 0 Å². The van der Waals surface area contributed by atoms with Gasteiger partial charge in [-0.05, 0) is 23.6 Å². The first-order valence-electron chi connectivity index (χ1n) is 6.26. The summed E-state index contributed by atoms with van der Waals surface area (Å²) < 4.78 is 0. The van der Waals surface area contributed by atoms with Gasteiger partial charge >= 0.3 is 5.97 Å². The number of phenolic OH excluding ortho intramolecular Hbond substituents is 1. The van der Waals surface area contributed by atoms with Gasteiger partial charge in [-0.3, -0.25) is 9.59 Å². The molecule has 1 aromatic carbocycles. The Balaban J connectivity index is 2.00. The van der Waals surface area contributed by atoms with Crippen LogP contribution >= 0.6 is 0 Å². The molecule has 5 heteroatoms. The second-order valence-corrected chi connectivity index (χ2v) is 5.07. The molecule has 5 nitrogen and oxygen atoms in total. The Morgan fingerprint density at radius 3 is 2.68 bits per heavy atom. The molecule has 0 aliphatic carbocycles. The maximum atomic E-state index is 12.1. The third kappa shape index (κ3) is 3.05. The summed E-state index contributed by atoms with van der Waals surface area (Å²) in [6.07, 6.45) is 0.188. The number of likely N-dealkylation sites (tertiary alicyclic amines) is 1. The number of carboxylic acids is 1. The Morgan fingerprint density at radius 1 is 1.37 bits per heavy atom. The van der Waals surface area contributed by atoms with Gasteiger partial charge in [0.2, 0.25) is 5.91 Å². The van der Waals surface area contributed by atoms with Gasteiger partial charge in [-0.15, -0.1) is 0 Å². The number of aromatic hydroxyl groups is 1. The molecule has 1 fully saturated rings. The molecule has 1 aliphatic heterocycles. The zero-order valence-electron chi connectivity index (χ0n) is 10.7. The SMILES string of the molecule is CC1CN(C(=O)Cc2cccc(O)c2)CC1C(=O)O. The van der Waals surface area contributed by atoms with E-state index in [0.717, 1.165) is 5.56 Å². The molecule has 1 amide bonds. The molecule has 1 aromatic rings. The number of phenols is 1. The molecule has 2 N–H and O–H groups in total. The average Bonchev–Trinajstić information content (AvgIpc) is 2.71. The Bertz CT molecular complexity index is 500. The minimum atomic E-state index is -0.847. The molecule has 1 saturated heterocycles. The molecule has 0 saturated carbocycles. The second-order valence-electron chi connectivity index (χ2n) is 5.07. The van der Waals surface area contributed by atoms with Crippen LogP contribution in [0.5, 0.6) is 5.75 Å². The van der Waals surface area contributed by atoms with E-state index >= 15 is 0 Å². The van der Waals surface area contributed by atoms with E-state index in [-0.39, 0.29) is 30.5 Å². The van der Waals surface area contributed by atoms with Gasteiger partial charge in [0.05, 0.1) is 12.3 Å². The summed E-state index contributed by atoms with van der Waals surface area (Å²) in [5, 5.41) is 18.4. The van der Waals surface area contributed by atoms with Crippen molar-refractivity contribution >= 4 is 11.9 Å². The maximum Gasteiger partial charge on any atom is 0.308 e. The lowest BCUT2D eigenvalue weighted by molar-refractivity contribution is -0.142. The monoisotopic (exact) mass is 263 g/mol. The number of nitrogens with zero attached hydrogens (tertiary/aromatic N) is 1. The Morgan fingerprint density at radius 2 is 2.11 bits per heavy atom. The number of carbonyl (C=O) groups is 2. The van der Waals surface area contributed by atoms with Crippen molar-refractivity contribution in [1.29, 1.82) is 0 Å². The summed E-state index contributed by atoms with van der Waals surface area (Å²) in [7, 11) is 0. The third-order valence-electron chi connectivity index (χ3n) is 3.55. The van der Waals surface area contributed by atoms with E-state index in [1.54, 1.807) is 29.2 Å². The molecule has 2 atom stereocenters. The minimum Gasteiger partial charge on any atom is -0.508 e. The molecule has 1 heterocycles. The molecule has 2 unspecified atom stereocenters. The van der Waals surface area contributed by atoms with E-state index in [1.165, 1.54) is 0 Å². The van der Waals surface area contributed by atoms with Crippen molar-refractivity contribution in [2.24, 2.45) is 11.8 Å². The van der Waals surface area contributed by atoms with Crippen molar-refractivity contribution in [3.8, 4) is 5.75 Å². The normalized spacial score (nSPS) is 22.5. The first-order chi connectivity index (χ1) is 8.97. The summed E-state index contributed by atoms with van der Waals surface area (Å²) in [6.45, 7) is 2.60. The first kappa shape index (κ1) is 13.4. The lowest BCUT2D eigenvalue weighted by Crippen LogP contribution is -2.31. The van der Waals surface area contributed by atoms with Gasteiger partial charge in [-0.25, -0.2) is 0 Å². The highest BCUT2D eigenvalue weighted by Gasteiger charge is 2.36. The van der Waals surface area contributed by atoms with Crippen molar-refractivity contribution < 1.29 is 19.8 Å². The van der Waals surface area contributed by atoms with Gasteiger partial charge in [0.1, 0.15) is 5.75 Å². The van der Waals surface area contributed by atoms with E-state index < -0.39 is 11.9 Å². The van der Waals surface area contributed by atoms with Crippen LogP contribution in [0.15, 0.2) is 24.3 Å². The number of carbonyl (C=O) groups excluding carboxylic acids is 1. The molecular formula is C14H17NO4. The van der Waals surface area contributed by atoms with Crippen molar-refractivity contribution in [1.82, 2.24) is 4.90 Å². The Hall–Kier alpha value is -2.04. The topological polar surface area (TPSA) is 77.8 Å². The molecular weight excluding hydrogens is 246 g/mol. The van der Waals surface area contributed by atoms with Gasteiger partial charge < -0.3 is 15.1 Å². The standard InChI is InChI=1S/C14H17NO4/c1-9-7-15(8-12(9)14(18)19)13(17)6-10-3-2-4-11(16)5-10/h2-5,9,12,16H,6-8H2,1H3,(H,18,19). The van der Waals surface area contributed by atoms with Gasteiger partial charge in [-0.1, -0.05) is 19.1 Å². The first-order valence-corrected chi connectivity index (χ1v) is 6.26. The molecule has 19 heavy (non-hydrogen) atoms. The Labute approximate surface area is 111 Å². The van der Waals surface area contributed by atoms with Crippen molar-refractivity contribution in [2.45, 2.75) is 13.3 Å². The highest BCUT2D eigenvalue weighted by molar-refractivity contribution is 5.81. The maximum absolute atomic E-state index is 12.1. The summed E-state index contributed by atoms with van der Waals surface area (Å²) in [5.41, 5.74) is 0.733. The molecule has 1 aliphatic rings. The van der Waals surface area contributed by atoms with Crippen LogP contribution in [0.25, 0.3) is 0 Å². The van der Waals surface area contributed by atoms with Gasteiger partial charge in [0.15, 0.2) is 0 Å². The van der Waals surface area contributed by atoms with E-state index in [4.69, 9.17) is 5.11 Å². The zero-order chi connectivity index (χ0) is 14.0. The molecule has 0 radical (unpaired) electrons. The summed E-state index contributed by atoms with van der Waals surface area (Å²) in [5.74, 6) is -1.32. The minimum absolute atomic E-state index is 0.0226. The average molecular weight is 263 g/mol. The van der Waals surface area contributed by atoms with Crippen molar-refractivity contribution in [3.05, 3.63) is 29.8 Å². The molecule has 0 spiro atoms. The number of rotatable bonds is 3. The summed E-state index contributed by atoms with van der Waals surface area (Å²) >= 11 is 0. The van der Waals surface area contributed by atoms with Crippen molar-refractivity contribution in [3.63, 3.8) is 0 Å². The van der Waals surface area contributed by atoms with Crippen LogP contribution in [0.4, 0.5) is 0 Å². The van der Waals surface area contributed by atoms with Crippen LogP contribution in [0.1, 0.15) is 12.5 Å². The summed E-state index contributed by atoms with van der Waals surface area (Å²) in [6, 6.07) is 6.55. The van der Waals surface area contributed by atoms with E-state index in [2.05, 4.69) is 0 Å². The van der Waals surface area contributed by atoms with Crippen LogP contribution in [-0.4, -0.2) is 40.1 Å². The third-order valence-corrected chi connectivity index (χ3v) is 3.55. The second kappa shape index (κ2) is 5.30. The van der Waals surface area contributed by atoms with Gasteiger partial charge in [0.25, 0.3) is 0 Å². The molecule has 2 rings (SSSR count). The van der Waals surface area contributed by atoms with E-state index in [0.29, 0.717) is 6.54 Å². The number of carboxylic acid groups (broad SMARTS) is 1. The zero-order valence-corrected chi connectivity index (χ0v) is 10.7. The number of benzene rings is 1. The molecule has 102 valence electrons. The fourth-order valence-corrected chi connectivity index (χ4v) is 2.44. The predicted molar refractivity (Wildman–Crippen MR) is 68.7 cm³/mol. The van der Waals surface area contributed by atoms with Crippen LogP contribution in [0, 0.1) is 11.8 Å². The van der Waals surface area contributed by atoms with Gasteiger partial charge in [-0.2, -0.15) is 0 Å². The number of hydrogen-bond donors (Lipinski definition) is 2. The predicted octanol–water partition coefficient (Wildman–Crippen LogP) is 1.11. The van der Waals surface area contributed by atoms with Crippen LogP contribution < -0.4 is 0 Å². The number of hydrogen-bond acceptors (Lipinski definition) is 3. The highest BCUT2D eigenvalue weighted by Crippen LogP contribution is 2.24. The largest absolute Gasteiger partial charge is 0.508 e. The highest BCUT2D eigenvalue weighted by atomic mass is 16.4. The van der Waals surface area contributed by atoms with Gasteiger partial charge in [0, 0.05) is 13.1 Å². The lowest BCUT2D eigenvalue weighted by Gasteiger charge is -2.15. The van der Waals surface area contributed by atoms with E-state index in [1.807, 2.05) is 6.92 Å². The van der Waals surface area contributed by atoms with Crippen LogP contribution in [-0.2, 0) is 16.0 Å². The quantitative estimate of drug-likeness (QED) is 0.856. The lowest BCUT2D eigenvalue weighted by atomic mass is 9.99. The molecule has 0 bridgehead atoms. The molecule has 0 aromatic heterocycles. The Kier molecular flexibility index (Phi) is 3.74. The number of aliphatic carboxylic acids is 1. The fourth-order valence-electron chi connectivity index (χ4n) is 2.44. The van der Waals surface area contributed by atoms with Crippen LogP contribution in [0.2, 0.25) is 0 Å². The summed E-state index contributed by atoms with van der Waals surface area (Å²) in [4.78, 5) is 24.7. The number of amides is 1. The van der Waals surface area contributed by atoms with Crippen molar-refractivity contribution in [2.75, 3.05) is 13.1 Å².